The highest BCUT2D eigenvalue weighted by Crippen LogP contribution is 2.28. The van der Waals surface area contributed by atoms with Crippen LogP contribution in [-0.2, 0) is 16.0 Å². The lowest BCUT2D eigenvalue weighted by molar-refractivity contribution is -0.144. The minimum Gasteiger partial charge on any atom is -0.454 e. The summed E-state index contributed by atoms with van der Waals surface area (Å²) < 4.78 is 5.82. The fourth-order valence-corrected chi connectivity index (χ4v) is 3.45. The quantitative estimate of drug-likeness (QED) is 0.302. The summed E-state index contributed by atoms with van der Waals surface area (Å²) in [6.07, 6.45) is 0.248. The number of carbonyl (C=O) groups is 1. The number of benzene rings is 4. The maximum absolute atomic E-state index is 12.3. The van der Waals surface area contributed by atoms with Gasteiger partial charge in [0, 0.05) is 12.0 Å². The highest BCUT2D eigenvalue weighted by molar-refractivity contribution is 5.87. The SMILES string of the molecule is C=C(C)C(=O)OC(Cc1ccc2ccccc2c1)c1ccc2ccccc2c1. The predicted octanol–water partition coefficient (Wildman–Crippen LogP) is 6.40. The van der Waals surface area contributed by atoms with Gasteiger partial charge < -0.3 is 4.74 Å². The monoisotopic (exact) mass is 366 g/mol. The van der Waals surface area contributed by atoms with Gasteiger partial charge in [0.25, 0.3) is 0 Å². The molecule has 4 rings (SSSR count). The van der Waals surface area contributed by atoms with Crippen LogP contribution in [0.25, 0.3) is 21.5 Å². The van der Waals surface area contributed by atoms with Crippen LogP contribution in [-0.4, -0.2) is 5.97 Å². The van der Waals surface area contributed by atoms with Crippen molar-refractivity contribution in [2.45, 2.75) is 19.4 Å². The Bertz CT molecular complexity index is 1170. The molecule has 0 bridgehead atoms. The Hall–Kier alpha value is -3.39. The van der Waals surface area contributed by atoms with Crippen molar-refractivity contribution in [3.63, 3.8) is 0 Å². The largest absolute Gasteiger partial charge is 0.454 e. The van der Waals surface area contributed by atoms with Crippen molar-refractivity contribution >= 4 is 27.5 Å². The van der Waals surface area contributed by atoms with Crippen molar-refractivity contribution < 1.29 is 9.53 Å². The first kappa shape index (κ1) is 18.0. The second kappa shape index (κ2) is 7.69. The van der Waals surface area contributed by atoms with Crippen LogP contribution in [0, 0.1) is 0 Å². The van der Waals surface area contributed by atoms with Crippen molar-refractivity contribution in [1.29, 1.82) is 0 Å². The first-order valence-electron chi connectivity index (χ1n) is 9.43. The van der Waals surface area contributed by atoms with E-state index in [2.05, 4.69) is 61.2 Å². The zero-order valence-corrected chi connectivity index (χ0v) is 15.9. The fourth-order valence-electron chi connectivity index (χ4n) is 3.45. The van der Waals surface area contributed by atoms with E-state index in [1.54, 1.807) is 6.92 Å². The summed E-state index contributed by atoms with van der Waals surface area (Å²) >= 11 is 0. The number of carbonyl (C=O) groups excluding carboxylic acids is 1. The molecule has 0 fully saturated rings. The molecule has 0 saturated heterocycles. The van der Waals surface area contributed by atoms with Gasteiger partial charge in [-0.05, 0) is 45.7 Å². The summed E-state index contributed by atoms with van der Waals surface area (Å²) in [6, 6.07) is 29.1. The lowest BCUT2D eigenvalue weighted by Crippen LogP contribution is -2.14. The molecule has 0 heterocycles. The number of hydrogen-bond acceptors (Lipinski definition) is 2. The van der Waals surface area contributed by atoms with Crippen LogP contribution in [0.4, 0.5) is 0 Å². The molecule has 0 aromatic heterocycles. The molecular formula is C26H22O2. The van der Waals surface area contributed by atoms with E-state index in [0.29, 0.717) is 12.0 Å². The first-order valence-corrected chi connectivity index (χ1v) is 9.43. The van der Waals surface area contributed by atoms with Crippen molar-refractivity contribution in [2.75, 3.05) is 0 Å². The van der Waals surface area contributed by atoms with Gasteiger partial charge in [-0.25, -0.2) is 4.79 Å². The molecule has 0 aliphatic rings. The van der Waals surface area contributed by atoms with Gasteiger partial charge in [0.05, 0.1) is 0 Å². The van der Waals surface area contributed by atoms with Crippen molar-refractivity contribution in [3.8, 4) is 0 Å². The van der Waals surface area contributed by atoms with Crippen LogP contribution in [0.5, 0.6) is 0 Å². The summed E-state index contributed by atoms with van der Waals surface area (Å²) in [6.45, 7) is 5.40. The van der Waals surface area contributed by atoms with Gasteiger partial charge in [0.1, 0.15) is 6.10 Å². The van der Waals surface area contributed by atoms with Crippen molar-refractivity contribution in [2.24, 2.45) is 0 Å². The third kappa shape index (κ3) is 3.81. The smallest absolute Gasteiger partial charge is 0.333 e. The average molecular weight is 366 g/mol. The van der Waals surface area contributed by atoms with Gasteiger partial charge in [-0.15, -0.1) is 0 Å². The predicted molar refractivity (Wildman–Crippen MR) is 115 cm³/mol. The second-order valence-corrected chi connectivity index (χ2v) is 7.17. The van der Waals surface area contributed by atoms with Crippen LogP contribution >= 0.6 is 0 Å². The third-order valence-electron chi connectivity index (χ3n) is 4.98. The highest BCUT2D eigenvalue weighted by Gasteiger charge is 2.18. The Balaban J connectivity index is 1.70. The second-order valence-electron chi connectivity index (χ2n) is 7.17. The van der Waals surface area contributed by atoms with E-state index in [4.69, 9.17) is 4.74 Å². The topological polar surface area (TPSA) is 26.3 Å². The van der Waals surface area contributed by atoms with Crippen LogP contribution in [0.3, 0.4) is 0 Å². The van der Waals surface area contributed by atoms with E-state index in [1.165, 1.54) is 16.2 Å². The molecule has 1 unspecified atom stereocenters. The Morgan fingerprint density at radius 2 is 1.39 bits per heavy atom. The molecule has 0 aliphatic heterocycles. The maximum Gasteiger partial charge on any atom is 0.333 e. The van der Waals surface area contributed by atoms with Crippen molar-refractivity contribution in [3.05, 3.63) is 108 Å². The van der Waals surface area contributed by atoms with Gasteiger partial charge in [0.15, 0.2) is 0 Å². The van der Waals surface area contributed by atoms with E-state index >= 15 is 0 Å². The summed E-state index contributed by atoms with van der Waals surface area (Å²) in [5.74, 6) is -0.362. The number of rotatable bonds is 5. The minimum atomic E-state index is -0.366. The molecule has 2 heteroatoms. The molecule has 4 aromatic rings. The molecule has 4 aromatic carbocycles. The summed E-state index contributed by atoms with van der Waals surface area (Å²) in [5.41, 5.74) is 2.53. The van der Waals surface area contributed by atoms with E-state index in [-0.39, 0.29) is 12.1 Å². The number of ether oxygens (including phenoxy) is 1. The zero-order chi connectivity index (χ0) is 19.5. The molecule has 0 amide bonds. The van der Waals surface area contributed by atoms with Crippen LogP contribution < -0.4 is 0 Å². The maximum atomic E-state index is 12.3. The van der Waals surface area contributed by atoms with Gasteiger partial charge in [0.2, 0.25) is 0 Å². The zero-order valence-electron chi connectivity index (χ0n) is 15.9. The Labute approximate surface area is 165 Å². The Kier molecular flexibility index (Phi) is 4.94. The van der Waals surface area contributed by atoms with Crippen LogP contribution in [0.15, 0.2) is 97.1 Å². The summed E-state index contributed by atoms with van der Waals surface area (Å²) in [4.78, 5) is 12.3. The van der Waals surface area contributed by atoms with Crippen molar-refractivity contribution in [1.82, 2.24) is 0 Å². The number of fused-ring (bicyclic) bond motifs is 2. The normalized spacial score (nSPS) is 12.0. The van der Waals surface area contributed by atoms with E-state index < -0.39 is 0 Å². The molecule has 1 atom stereocenters. The lowest BCUT2D eigenvalue weighted by atomic mass is 9.97. The minimum absolute atomic E-state index is 0.362. The molecule has 0 N–H and O–H groups in total. The van der Waals surface area contributed by atoms with Crippen LogP contribution in [0.2, 0.25) is 0 Å². The Morgan fingerprint density at radius 3 is 2.04 bits per heavy atom. The van der Waals surface area contributed by atoms with E-state index in [0.717, 1.165) is 16.5 Å². The van der Waals surface area contributed by atoms with E-state index in [9.17, 15) is 4.79 Å². The molecule has 0 spiro atoms. The average Bonchev–Trinajstić information content (AvgIpc) is 2.72. The molecule has 0 radical (unpaired) electrons. The molecule has 0 aliphatic carbocycles. The molecule has 28 heavy (non-hydrogen) atoms. The first-order chi connectivity index (χ1) is 13.6. The molecule has 2 nitrogen and oxygen atoms in total. The summed E-state index contributed by atoms with van der Waals surface area (Å²) in [5, 5.41) is 4.69. The molecular weight excluding hydrogens is 344 g/mol. The lowest BCUT2D eigenvalue weighted by Gasteiger charge is -2.19. The highest BCUT2D eigenvalue weighted by atomic mass is 16.5. The van der Waals surface area contributed by atoms with Gasteiger partial charge in [-0.1, -0.05) is 85.4 Å². The van der Waals surface area contributed by atoms with Gasteiger partial charge in [-0.2, -0.15) is 0 Å². The molecule has 138 valence electrons. The molecule has 0 saturated carbocycles. The number of hydrogen-bond donors (Lipinski definition) is 0. The standard InChI is InChI=1S/C26H22O2/c1-18(2)26(27)28-25(24-14-13-21-8-4-6-10-23(21)17-24)16-19-11-12-20-7-3-5-9-22(20)15-19/h3-15,17,25H,1,16H2,2H3. The Morgan fingerprint density at radius 1 is 0.821 bits per heavy atom. The number of esters is 1. The third-order valence-corrected chi connectivity index (χ3v) is 4.98. The fraction of sp³-hybridized carbons (Fsp3) is 0.115. The van der Waals surface area contributed by atoms with Crippen LogP contribution in [0.1, 0.15) is 24.2 Å². The van der Waals surface area contributed by atoms with Gasteiger partial charge in [-0.3, -0.25) is 0 Å². The van der Waals surface area contributed by atoms with E-state index in [1.807, 2.05) is 30.3 Å². The summed E-state index contributed by atoms with van der Waals surface area (Å²) in [7, 11) is 0. The van der Waals surface area contributed by atoms with Gasteiger partial charge >= 0.3 is 5.97 Å².